The number of benzene rings is 2. The molecule has 0 aliphatic rings. The largest absolute Gasteiger partial charge is 0.504 e. The number of fused-ring (bicyclic) bond motifs is 1. The Kier molecular flexibility index (Phi) is 4.25. The molecule has 1 heterocycles. The van der Waals surface area contributed by atoms with Gasteiger partial charge in [-0.05, 0) is 24.3 Å². The Labute approximate surface area is 147 Å². The van der Waals surface area contributed by atoms with Gasteiger partial charge >= 0.3 is 0 Å². The maximum Gasteiger partial charge on any atom is 0.239 e. The summed E-state index contributed by atoms with van der Waals surface area (Å²) in [5, 5.41) is 30.0. The number of phenolic OH excluding ortho intramolecular Hbond substituents is 2. The van der Waals surface area contributed by atoms with Gasteiger partial charge in [0.05, 0.1) is 21.3 Å². The number of hydrogen-bond donors (Lipinski definition) is 3. The lowest BCUT2D eigenvalue weighted by atomic mass is 10.1. The van der Waals surface area contributed by atoms with Crippen LogP contribution in [0.5, 0.6) is 34.5 Å². The van der Waals surface area contributed by atoms with E-state index in [1.54, 1.807) is 24.3 Å². The third-order valence-electron chi connectivity index (χ3n) is 3.94. The molecule has 0 amide bonds. The summed E-state index contributed by atoms with van der Waals surface area (Å²) in [5.41, 5.74) is -0.699. The van der Waals surface area contributed by atoms with Gasteiger partial charge in [0.25, 0.3) is 0 Å². The molecule has 0 atom stereocenters. The zero-order valence-electron chi connectivity index (χ0n) is 14.2. The molecule has 0 radical (unpaired) electrons. The molecule has 0 aliphatic heterocycles. The van der Waals surface area contributed by atoms with Gasteiger partial charge in [-0.15, -0.1) is 0 Å². The van der Waals surface area contributed by atoms with E-state index < -0.39 is 28.1 Å². The van der Waals surface area contributed by atoms with Crippen LogP contribution in [-0.4, -0.2) is 36.6 Å². The van der Waals surface area contributed by atoms with Gasteiger partial charge in [0.15, 0.2) is 17.1 Å². The molecule has 26 heavy (non-hydrogen) atoms. The third-order valence-corrected chi connectivity index (χ3v) is 3.94. The van der Waals surface area contributed by atoms with Gasteiger partial charge in [-0.1, -0.05) is 0 Å². The highest BCUT2D eigenvalue weighted by atomic mass is 16.5. The number of ether oxygens (including phenoxy) is 3. The van der Waals surface area contributed by atoms with Crippen LogP contribution in [-0.2, 0) is 0 Å². The first kappa shape index (κ1) is 17.3. The van der Waals surface area contributed by atoms with Crippen LogP contribution in [0.3, 0.4) is 0 Å². The van der Waals surface area contributed by atoms with Crippen molar-refractivity contribution in [2.24, 2.45) is 0 Å². The highest BCUT2D eigenvalue weighted by Crippen LogP contribution is 2.50. The minimum atomic E-state index is -0.925. The molecule has 0 aliphatic carbocycles. The second kappa shape index (κ2) is 6.40. The van der Waals surface area contributed by atoms with E-state index in [4.69, 9.17) is 18.6 Å². The first-order valence-corrected chi connectivity index (χ1v) is 7.44. The molecule has 1 aromatic heterocycles. The van der Waals surface area contributed by atoms with E-state index in [1.807, 2.05) is 0 Å². The predicted octanol–water partition coefficient (Wildman–Crippen LogP) is 2.60. The summed E-state index contributed by atoms with van der Waals surface area (Å²) in [7, 11) is 4.05. The van der Waals surface area contributed by atoms with Crippen molar-refractivity contribution in [3.8, 4) is 45.8 Å². The summed E-state index contributed by atoms with van der Waals surface area (Å²) < 4.78 is 20.9. The average Bonchev–Trinajstić information content (AvgIpc) is 2.66. The minimum Gasteiger partial charge on any atom is -0.504 e. The summed E-state index contributed by atoms with van der Waals surface area (Å²) in [5.74, 6) is -2.03. The number of rotatable bonds is 4. The van der Waals surface area contributed by atoms with Crippen LogP contribution >= 0.6 is 0 Å². The molecule has 2 aromatic carbocycles. The van der Waals surface area contributed by atoms with Crippen molar-refractivity contribution in [1.82, 2.24) is 0 Å². The summed E-state index contributed by atoms with van der Waals surface area (Å²) in [6.07, 6.45) is 0. The molecular weight excluding hydrogens is 344 g/mol. The highest BCUT2D eigenvalue weighted by molar-refractivity contribution is 5.96. The van der Waals surface area contributed by atoms with E-state index >= 15 is 0 Å². The summed E-state index contributed by atoms with van der Waals surface area (Å²) in [4.78, 5) is 12.6. The SMILES string of the molecule is COc1ccc(-c2oc3c(OC)c(OC)c(O)c(O)c3c(=O)c2O)cc1. The van der Waals surface area contributed by atoms with Gasteiger partial charge in [0, 0.05) is 5.56 Å². The Balaban J connectivity index is 2.42. The fourth-order valence-corrected chi connectivity index (χ4v) is 2.65. The number of hydrogen-bond acceptors (Lipinski definition) is 8. The maximum atomic E-state index is 12.6. The van der Waals surface area contributed by atoms with Crippen LogP contribution in [0.2, 0.25) is 0 Å². The zero-order chi connectivity index (χ0) is 19.0. The van der Waals surface area contributed by atoms with Crippen molar-refractivity contribution in [2.75, 3.05) is 21.3 Å². The normalized spacial score (nSPS) is 10.7. The van der Waals surface area contributed by atoms with Crippen LogP contribution in [0.25, 0.3) is 22.3 Å². The van der Waals surface area contributed by atoms with Gasteiger partial charge in [-0.2, -0.15) is 0 Å². The lowest BCUT2D eigenvalue weighted by Gasteiger charge is -2.14. The van der Waals surface area contributed by atoms with Gasteiger partial charge < -0.3 is 33.9 Å². The molecule has 0 spiro atoms. The average molecular weight is 360 g/mol. The Hall–Kier alpha value is -3.55. The fourth-order valence-electron chi connectivity index (χ4n) is 2.65. The lowest BCUT2D eigenvalue weighted by Crippen LogP contribution is -2.05. The van der Waals surface area contributed by atoms with Crippen LogP contribution in [0.15, 0.2) is 33.5 Å². The van der Waals surface area contributed by atoms with Crippen LogP contribution in [0.1, 0.15) is 0 Å². The van der Waals surface area contributed by atoms with Crippen LogP contribution < -0.4 is 19.6 Å². The van der Waals surface area contributed by atoms with Gasteiger partial charge in [-0.3, -0.25) is 4.79 Å². The fraction of sp³-hybridized carbons (Fsp3) is 0.167. The van der Waals surface area contributed by atoms with Crippen molar-refractivity contribution in [3.05, 3.63) is 34.5 Å². The van der Waals surface area contributed by atoms with E-state index in [1.165, 1.54) is 21.3 Å². The number of aromatic hydroxyl groups is 3. The highest BCUT2D eigenvalue weighted by Gasteiger charge is 2.27. The van der Waals surface area contributed by atoms with Crippen molar-refractivity contribution in [1.29, 1.82) is 0 Å². The molecule has 3 rings (SSSR count). The summed E-state index contributed by atoms with van der Waals surface area (Å²) in [6.45, 7) is 0. The monoisotopic (exact) mass is 360 g/mol. The van der Waals surface area contributed by atoms with E-state index in [9.17, 15) is 20.1 Å². The number of phenols is 2. The molecule has 0 bridgehead atoms. The van der Waals surface area contributed by atoms with Crippen molar-refractivity contribution >= 4 is 11.0 Å². The molecule has 0 saturated heterocycles. The molecule has 0 saturated carbocycles. The van der Waals surface area contributed by atoms with Crippen molar-refractivity contribution < 1.29 is 33.9 Å². The first-order chi connectivity index (χ1) is 12.4. The Morgan fingerprint density at radius 2 is 1.42 bits per heavy atom. The first-order valence-electron chi connectivity index (χ1n) is 7.44. The predicted molar refractivity (Wildman–Crippen MR) is 92.6 cm³/mol. The molecule has 136 valence electrons. The zero-order valence-corrected chi connectivity index (χ0v) is 14.2. The summed E-state index contributed by atoms with van der Waals surface area (Å²) >= 11 is 0. The van der Waals surface area contributed by atoms with Crippen LogP contribution in [0.4, 0.5) is 0 Å². The molecule has 3 N–H and O–H groups in total. The lowest BCUT2D eigenvalue weighted by molar-refractivity contribution is 0.320. The molecule has 3 aromatic rings. The summed E-state index contributed by atoms with van der Waals surface area (Å²) in [6, 6.07) is 6.44. The molecule has 8 heteroatoms. The quantitative estimate of drug-likeness (QED) is 0.608. The van der Waals surface area contributed by atoms with E-state index in [0.29, 0.717) is 11.3 Å². The van der Waals surface area contributed by atoms with Gasteiger partial charge in [0.2, 0.25) is 28.4 Å². The Morgan fingerprint density at radius 3 is 1.96 bits per heavy atom. The molecule has 0 fully saturated rings. The van der Waals surface area contributed by atoms with Crippen molar-refractivity contribution in [3.63, 3.8) is 0 Å². The standard InChI is InChI=1S/C18H16O8/c1-23-9-6-4-8(5-7-9)15-13(21)11(19)10-12(20)14(22)17(24-2)18(25-3)16(10)26-15/h4-7,20-22H,1-3H3. The topological polar surface area (TPSA) is 119 Å². The van der Waals surface area contributed by atoms with Gasteiger partial charge in [-0.25, -0.2) is 0 Å². The molecular formula is C18H16O8. The number of methoxy groups -OCH3 is 3. The Bertz CT molecular complexity index is 1030. The second-order valence-corrected chi connectivity index (χ2v) is 5.31. The smallest absolute Gasteiger partial charge is 0.239 e. The second-order valence-electron chi connectivity index (χ2n) is 5.31. The van der Waals surface area contributed by atoms with E-state index in [0.717, 1.165) is 0 Å². The van der Waals surface area contributed by atoms with Gasteiger partial charge in [0.1, 0.15) is 11.1 Å². The van der Waals surface area contributed by atoms with E-state index in [2.05, 4.69) is 0 Å². The molecule has 0 unspecified atom stereocenters. The van der Waals surface area contributed by atoms with E-state index in [-0.39, 0.29) is 22.8 Å². The minimum absolute atomic E-state index is 0.0929. The molecule has 8 nitrogen and oxygen atoms in total. The Morgan fingerprint density at radius 1 is 0.808 bits per heavy atom. The van der Waals surface area contributed by atoms with Crippen LogP contribution in [0, 0.1) is 0 Å². The van der Waals surface area contributed by atoms with Crippen molar-refractivity contribution in [2.45, 2.75) is 0 Å². The maximum absolute atomic E-state index is 12.6. The third kappa shape index (κ3) is 2.43.